The third kappa shape index (κ3) is 7.93. The van der Waals surface area contributed by atoms with E-state index < -0.39 is 124 Å². The SMILES string of the molecule is COC(=O)O[C@@]12COC1C[C@H](O)[C@@]1(C)C(=O)[C@H](OC(C)=O)C3=C(C)[C@@H](OC(=O)[C@H](O)[C@@H](NC(=O)OC(C)(C)C)C(C)C)C[C@@](O)(C(OC(=O)c4ccccc4)C21)C3(C)C. The fourth-order valence-electron chi connectivity index (χ4n) is 9.36. The van der Waals surface area contributed by atoms with Crippen molar-refractivity contribution in [1.82, 2.24) is 5.32 Å². The molecule has 2 saturated carbocycles. The van der Waals surface area contributed by atoms with E-state index in [1.54, 1.807) is 52.8 Å². The summed E-state index contributed by atoms with van der Waals surface area (Å²) in [6.07, 6.45) is -12.8. The van der Waals surface area contributed by atoms with Crippen LogP contribution in [0.4, 0.5) is 9.59 Å². The van der Waals surface area contributed by atoms with Crippen LogP contribution in [0, 0.1) is 22.7 Å². The van der Waals surface area contributed by atoms with Crippen LogP contribution in [0.2, 0.25) is 0 Å². The van der Waals surface area contributed by atoms with Gasteiger partial charge in [-0.3, -0.25) is 9.59 Å². The van der Waals surface area contributed by atoms with E-state index in [1.807, 2.05) is 0 Å². The summed E-state index contributed by atoms with van der Waals surface area (Å²) in [4.78, 5) is 82.3. The molecule has 4 N–H and O–H groups in total. The third-order valence-corrected chi connectivity index (χ3v) is 12.5. The molecule has 17 heteroatoms. The molecule has 1 aliphatic heterocycles. The zero-order valence-electron chi connectivity index (χ0n) is 35.4. The van der Waals surface area contributed by atoms with Gasteiger partial charge in [0.1, 0.15) is 29.5 Å². The van der Waals surface area contributed by atoms with Crippen LogP contribution >= 0.6 is 0 Å². The lowest BCUT2D eigenvalue weighted by atomic mass is 9.44. The molecule has 11 atom stereocenters. The van der Waals surface area contributed by atoms with Crippen LogP contribution in [-0.2, 0) is 47.5 Å². The minimum Gasteiger partial charge on any atom is -0.456 e. The van der Waals surface area contributed by atoms with Crippen molar-refractivity contribution < 1.29 is 77.2 Å². The molecule has 3 aliphatic carbocycles. The van der Waals surface area contributed by atoms with Gasteiger partial charge in [0.15, 0.2) is 23.6 Å². The molecule has 17 nitrogen and oxygen atoms in total. The van der Waals surface area contributed by atoms with Gasteiger partial charge >= 0.3 is 30.2 Å². The number of benzene rings is 1. The van der Waals surface area contributed by atoms with Crippen LogP contribution in [0.1, 0.15) is 92.4 Å². The largest absolute Gasteiger partial charge is 0.508 e. The number of aliphatic hydroxyl groups excluding tert-OH is 2. The number of ketones is 1. The monoisotopic (exact) mass is 831 g/mol. The number of hydrogen-bond donors (Lipinski definition) is 4. The van der Waals surface area contributed by atoms with E-state index in [0.717, 1.165) is 14.0 Å². The number of rotatable bonds is 9. The van der Waals surface area contributed by atoms with E-state index in [4.69, 9.17) is 33.2 Å². The molecule has 0 aromatic heterocycles. The van der Waals surface area contributed by atoms with Crippen molar-refractivity contribution in [1.29, 1.82) is 0 Å². The molecule has 1 saturated heterocycles. The Bertz CT molecular complexity index is 1870. The molecule has 3 unspecified atom stereocenters. The summed E-state index contributed by atoms with van der Waals surface area (Å²) in [6, 6.07) is 6.55. The van der Waals surface area contributed by atoms with Gasteiger partial charge in [-0.1, -0.05) is 45.9 Å². The van der Waals surface area contributed by atoms with Crippen molar-refractivity contribution >= 4 is 35.9 Å². The molecule has 1 aromatic rings. The van der Waals surface area contributed by atoms with E-state index in [9.17, 15) is 39.3 Å². The number of hydrogen-bond acceptors (Lipinski definition) is 16. The predicted molar refractivity (Wildman–Crippen MR) is 204 cm³/mol. The van der Waals surface area contributed by atoms with E-state index in [-0.39, 0.29) is 29.7 Å². The summed E-state index contributed by atoms with van der Waals surface area (Å²) < 4.78 is 40.1. The van der Waals surface area contributed by atoms with Gasteiger partial charge in [-0.25, -0.2) is 19.2 Å². The first kappa shape index (κ1) is 45.5. The first-order valence-electron chi connectivity index (χ1n) is 19.6. The smallest absolute Gasteiger partial charge is 0.456 e. The number of amides is 1. The summed E-state index contributed by atoms with van der Waals surface area (Å²) in [5.74, 6) is -6.13. The molecule has 1 heterocycles. The molecule has 0 spiro atoms. The van der Waals surface area contributed by atoms with Crippen LogP contribution in [0.15, 0.2) is 41.5 Å². The van der Waals surface area contributed by atoms with Crippen LogP contribution in [0.3, 0.4) is 0 Å². The number of fused-ring (bicyclic) bond motifs is 5. The number of Topliss-reactive ketones (excluding diaryl/α,β-unsaturated/α-hetero) is 1. The molecule has 2 bridgehead atoms. The van der Waals surface area contributed by atoms with Gasteiger partial charge in [0, 0.05) is 25.2 Å². The minimum atomic E-state index is -2.41. The summed E-state index contributed by atoms with van der Waals surface area (Å²) >= 11 is 0. The lowest BCUT2D eigenvalue weighted by Crippen LogP contribution is -2.82. The van der Waals surface area contributed by atoms with E-state index >= 15 is 4.79 Å². The zero-order chi connectivity index (χ0) is 44.2. The molecule has 59 heavy (non-hydrogen) atoms. The summed E-state index contributed by atoms with van der Waals surface area (Å²) in [6.45, 7) is 14.9. The minimum absolute atomic E-state index is 0.0198. The Hall–Kier alpha value is -4.58. The number of methoxy groups -OCH3 is 1. The van der Waals surface area contributed by atoms with Crippen LogP contribution in [0.5, 0.6) is 0 Å². The van der Waals surface area contributed by atoms with Crippen LogP contribution < -0.4 is 5.32 Å². The summed E-state index contributed by atoms with van der Waals surface area (Å²) in [5.41, 5.74) is -8.78. The van der Waals surface area contributed by atoms with Gasteiger partial charge in [-0.05, 0) is 63.8 Å². The number of ether oxygens (including phenoxy) is 7. The Kier molecular flexibility index (Phi) is 12.4. The van der Waals surface area contributed by atoms with E-state index in [2.05, 4.69) is 5.32 Å². The molecule has 0 radical (unpaired) electrons. The molecule has 326 valence electrons. The second-order valence-corrected chi connectivity index (χ2v) is 18.0. The molecular formula is C42H57NO16. The number of aliphatic hydroxyl groups is 3. The Morgan fingerprint density at radius 3 is 2.15 bits per heavy atom. The van der Waals surface area contributed by atoms with Gasteiger partial charge in [-0.15, -0.1) is 0 Å². The second-order valence-electron chi connectivity index (χ2n) is 18.0. The van der Waals surface area contributed by atoms with Gasteiger partial charge in [0.2, 0.25) is 0 Å². The van der Waals surface area contributed by atoms with Gasteiger partial charge in [-0.2, -0.15) is 0 Å². The average molecular weight is 832 g/mol. The lowest BCUT2D eigenvalue weighted by Gasteiger charge is -2.67. The maximum absolute atomic E-state index is 15.4. The highest BCUT2D eigenvalue weighted by Gasteiger charge is 2.78. The van der Waals surface area contributed by atoms with Gasteiger partial charge in [0.25, 0.3) is 0 Å². The Labute approximate surface area is 343 Å². The third-order valence-electron chi connectivity index (χ3n) is 12.5. The highest BCUT2D eigenvalue weighted by atomic mass is 16.8. The molecule has 5 rings (SSSR count). The second kappa shape index (κ2) is 16.1. The average Bonchev–Trinajstić information content (AvgIpc) is 3.13. The normalized spacial score (nSPS) is 33.3. The number of nitrogens with one attached hydrogen (secondary N) is 1. The van der Waals surface area contributed by atoms with Crippen molar-refractivity contribution in [3.8, 4) is 0 Å². The number of carbonyl (C=O) groups is 6. The maximum atomic E-state index is 15.4. The summed E-state index contributed by atoms with van der Waals surface area (Å²) in [5, 5.41) is 39.5. The quantitative estimate of drug-likeness (QED) is 0.159. The molecule has 1 aromatic carbocycles. The predicted octanol–water partition coefficient (Wildman–Crippen LogP) is 3.33. The first-order chi connectivity index (χ1) is 27.3. The Morgan fingerprint density at radius 1 is 1.00 bits per heavy atom. The van der Waals surface area contributed by atoms with Crippen molar-refractivity contribution in [3.05, 3.63) is 47.0 Å². The van der Waals surface area contributed by atoms with E-state index in [0.29, 0.717) is 0 Å². The van der Waals surface area contributed by atoms with Gasteiger partial charge in [0.05, 0.1) is 42.8 Å². The Balaban J connectivity index is 1.73. The fourth-order valence-corrected chi connectivity index (χ4v) is 9.36. The first-order valence-corrected chi connectivity index (χ1v) is 19.6. The number of esters is 3. The van der Waals surface area contributed by atoms with Gasteiger partial charge < -0.3 is 53.8 Å². The number of alkyl carbamates (subject to hydrolysis) is 1. The fraction of sp³-hybridized carbons (Fsp3) is 0.667. The Morgan fingerprint density at radius 2 is 1.63 bits per heavy atom. The summed E-state index contributed by atoms with van der Waals surface area (Å²) in [7, 11) is 1.06. The molecular weight excluding hydrogens is 774 g/mol. The maximum Gasteiger partial charge on any atom is 0.508 e. The van der Waals surface area contributed by atoms with Crippen molar-refractivity contribution in [2.75, 3.05) is 13.7 Å². The zero-order valence-corrected chi connectivity index (χ0v) is 35.4. The number of carbonyl (C=O) groups excluding carboxylic acids is 6. The van der Waals surface area contributed by atoms with Crippen LogP contribution in [-0.4, -0.2) is 124 Å². The van der Waals surface area contributed by atoms with Crippen LogP contribution in [0.25, 0.3) is 0 Å². The lowest BCUT2D eigenvalue weighted by molar-refractivity contribution is -0.344. The van der Waals surface area contributed by atoms with Crippen molar-refractivity contribution in [3.63, 3.8) is 0 Å². The molecule has 3 fully saturated rings. The molecule has 1 amide bonds. The van der Waals surface area contributed by atoms with Crippen molar-refractivity contribution in [2.24, 2.45) is 22.7 Å². The topological polar surface area (TPSA) is 240 Å². The van der Waals surface area contributed by atoms with Crippen molar-refractivity contribution in [2.45, 2.75) is 142 Å². The highest BCUT2D eigenvalue weighted by molar-refractivity contribution is 5.95. The highest BCUT2D eigenvalue weighted by Crippen LogP contribution is 2.64. The standard InChI is InChI=1S/C42H57NO16/c1-20(2)28(43-36(50)58-38(5,6)7)29(46)35(49)56-24-18-42(52)33(57-34(48)23-15-13-12-14-16-23)31-40(10,25(45)17-26-41(31,19-54-26)59-37(51)53-11)32(47)30(55-22(4)44)27(21(24)3)39(42,8)9/h12-16,20,24-26,28-31,33,45-46,52H,17-19H2,1-11H3,(H,43,50)/t24-,25-,26?,28-,29+,30+,31?,33?,40+,41-,42+/m0/s1. The molecule has 4 aliphatic rings. The van der Waals surface area contributed by atoms with E-state index in [1.165, 1.54) is 39.8 Å².